The van der Waals surface area contributed by atoms with Crippen LogP contribution in [0.4, 0.5) is 0 Å². The number of hydrogen-bond acceptors (Lipinski definition) is 3. The number of nitrogens with one attached hydrogen (secondary N) is 2. The van der Waals surface area contributed by atoms with E-state index in [9.17, 15) is 5.11 Å². The van der Waals surface area contributed by atoms with Crippen LogP contribution < -0.4 is 10.6 Å². The summed E-state index contributed by atoms with van der Waals surface area (Å²) in [5, 5.41) is 17.1. The maximum atomic E-state index is 10.6. The molecule has 5 nitrogen and oxygen atoms in total. The van der Waals surface area contributed by atoms with Crippen LogP contribution in [0.15, 0.2) is 4.99 Å². The van der Waals surface area contributed by atoms with E-state index in [0.29, 0.717) is 6.54 Å². The first-order valence-electron chi connectivity index (χ1n) is 8.44. The second kappa shape index (κ2) is 12.9. The van der Waals surface area contributed by atoms with Gasteiger partial charge in [0, 0.05) is 26.3 Å². The first-order chi connectivity index (χ1) is 10.1. The monoisotopic (exact) mass is 301 g/mol. The van der Waals surface area contributed by atoms with Gasteiger partial charge < -0.3 is 20.5 Å². The fourth-order valence-corrected chi connectivity index (χ4v) is 2.31. The van der Waals surface area contributed by atoms with Crippen LogP contribution in [0.1, 0.15) is 59.8 Å². The molecule has 0 aliphatic rings. The zero-order valence-electron chi connectivity index (χ0n) is 14.4. The standard InChI is InChI=1S/C16H35N3O2/c1-5-10-16(20,11-6-2)14-19-15(17-7-3)18-12-9-13-21-8-4/h20H,5-14H2,1-4H3,(H2,17,18,19). The Morgan fingerprint density at radius 2 is 1.76 bits per heavy atom. The first kappa shape index (κ1) is 20.2. The molecule has 5 heteroatoms. The molecule has 0 radical (unpaired) electrons. The van der Waals surface area contributed by atoms with Crippen LogP contribution in [0.3, 0.4) is 0 Å². The number of rotatable bonds is 12. The zero-order chi connectivity index (χ0) is 16.0. The molecule has 0 spiro atoms. The van der Waals surface area contributed by atoms with E-state index in [1.165, 1.54) is 0 Å². The molecule has 0 saturated carbocycles. The smallest absolute Gasteiger partial charge is 0.191 e. The molecule has 0 aromatic heterocycles. The lowest BCUT2D eigenvalue weighted by Crippen LogP contribution is -2.40. The van der Waals surface area contributed by atoms with E-state index in [0.717, 1.165) is 64.4 Å². The lowest BCUT2D eigenvalue weighted by molar-refractivity contribution is 0.0306. The maximum absolute atomic E-state index is 10.6. The summed E-state index contributed by atoms with van der Waals surface area (Å²) in [6.45, 7) is 11.9. The Kier molecular flexibility index (Phi) is 12.4. The summed E-state index contributed by atoms with van der Waals surface area (Å²) in [5.41, 5.74) is -0.669. The highest BCUT2D eigenvalue weighted by Crippen LogP contribution is 2.19. The minimum atomic E-state index is -0.669. The molecule has 0 fully saturated rings. The molecule has 0 saturated heterocycles. The van der Waals surface area contributed by atoms with Crippen LogP contribution in [-0.2, 0) is 4.74 Å². The van der Waals surface area contributed by atoms with Crippen LogP contribution in [-0.4, -0.2) is 49.5 Å². The van der Waals surface area contributed by atoms with Crippen molar-refractivity contribution in [2.75, 3.05) is 32.8 Å². The molecule has 0 aromatic rings. The highest BCUT2D eigenvalue weighted by Gasteiger charge is 2.24. The van der Waals surface area contributed by atoms with Gasteiger partial charge in [-0.3, -0.25) is 4.99 Å². The maximum Gasteiger partial charge on any atom is 0.191 e. The van der Waals surface area contributed by atoms with Crippen molar-refractivity contribution in [2.45, 2.75) is 65.4 Å². The summed E-state index contributed by atoms with van der Waals surface area (Å²) in [5.74, 6) is 0.777. The second-order valence-electron chi connectivity index (χ2n) is 5.40. The highest BCUT2D eigenvalue weighted by molar-refractivity contribution is 5.79. The van der Waals surface area contributed by atoms with E-state index in [-0.39, 0.29) is 0 Å². The Morgan fingerprint density at radius 3 is 2.29 bits per heavy atom. The summed E-state index contributed by atoms with van der Waals surface area (Å²) in [6.07, 6.45) is 4.50. The Balaban J connectivity index is 4.34. The van der Waals surface area contributed by atoms with Gasteiger partial charge in [-0.15, -0.1) is 0 Å². The summed E-state index contributed by atoms with van der Waals surface area (Å²) in [6, 6.07) is 0. The van der Waals surface area contributed by atoms with Crippen LogP contribution in [0.25, 0.3) is 0 Å². The molecule has 0 aliphatic carbocycles. The second-order valence-corrected chi connectivity index (χ2v) is 5.40. The fraction of sp³-hybridized carbons (Fsp3) is 0.938. The minimum absolute atomic E-state index is 0.454. The number of aliphatic imine (C=N–C) groups is 1. The largest absolute Gasteiger partial charge is 0.388 e. The van der Waals surface area contributed by atoms with E-state index >= 15 is 0 Å². The van der Waals surface area contributed by atoms with Crippen molar-refractivity contribution in [2.24, 2.45) is 4.99 Å². The van der Waals surface area contributed by atoms with Gasteiger partial charge in [-0.05, 0) is 33.1 Å². The van der Waals surface area contributed by atoms with Gasteiger partial charge >= 0.3 is 0 Å². The van der Waals surface area contributed by atoms with Crippen molar-refractivity contribution >= 4 is 5.96 Å². The van der Waals surface area contributed by atoms with E-state index in [4.69, 9.17) is 4.74 Å². The molecule has 0 amide bonds. The summed E-state index contributed by atoms with van der Waals surface area (Å²) >= 11 is 0. The molecule has 0 rings (SSSR count). The molecule has 0 atom stereocenters. The molecule has 126 valence electrons. The molecule has 0 aliphatic heterocycles. The number of aliphatic hydroxyl groups is 1. The molecule has 0 aromatic carbocycles. The van der Waals surface area contributed by atoms with E-state index in [1.807, 2.05) is 13.8 Å². The zero-order valence-corrected chi connectivity index (χ0v) is 14.4. The van der Waals surface area contributed by atoms with Gasteiger partial charge in [0.15, 0.2) is 5.96 Å². The van der Waals surface area contributed by atoms with Gasteiger partial charge in [-0.25, -0.2) is 0 Å². The predicted molar refractivity (Wildman–Crippen MR) is 89.9 cm³/mol. The van der Waals surface area contributed by atoms with Crippen LogP contribution >= 0.6 is 0 Å². The molecule has 0 bridgehead atoms. The van der Waals surface area contributed by atoms with Crippen LogP contribution in [0.5, 0.6) is 0 Å². The Hall–Kier alpha value is -0.810. The molecule has 21 heavy (non-hydrogen) atoms. The molecular weight excluding hydrogens is 266 g/mol. The Bertz CT molecular complexity index is 264. The quantitative estimate of drug-likeness (QED) is 0.294. The van der Waals surface area contributed by atoms with Crippen LogP contribution in [0.2, 0.25) is 0 Å². The van der Waals surface area contributed by atoms with Crippen molar-refractivity contribution in [3.8, 4) is 0 Å². The average Bonchev–Trinajstić information content (AvgIpc) is 2.45. The van der Waals surface area contributed by atoms with Gasteiger partial charge in [-0.2, -0.15) is 0 Å². The molecule has 3 N–H and O–H groups in total. The fourth-order valence-electron chi connectivity index (χ4n) is 2.31. The number of guanidine groups is 1. The topological polar surface area (TPSA) is 65.9 Å². The lowest BCUT2D eigenvalue weighted by atomic mass is 9.93. The summed E-state index contributed by atoms with van der Waals surface area (Å²) < 4.78 is 5.31. The number of hydrogen-bond donors (Lipinski definition) is 3. The summed E-state index contributed by atoms with van der Waals surface area (Å²) in [4.78, 5) is 4.54. The molecule has 0 unspecified atom stereocenters. The average molecular weight is 301 g/mol. The van der Waals surface area contributed by atoms with Gasteiger partial charge in [0.2, 0.25) is 0 Å². The summed E-state index contributed by atoms with van der Waals surface area (Å²) in [7, 11) is 0. The first-order valence-corrected chi connectivity index (χ1v) is 8.44. The van der Waals surface area contributed by atoms with Gasteiger partial charge in [0.25, 0.3) is 0 Å². The van der Waals surface area contributed by atoms with Crippen molar-refractivity contribution in [1.82, 2.24) is 10.6 Å². The van der Waals surface area contributed by atoms with E-state index < -0.39 is 5.60 Å². The van der Waals surface area contributed by atoms with E-state index in [1.54, 1.807) is 0 Å². The Morgan fingerprint density at radius 1 is 1.10 bits per heavy atom. The molecule has 0 heterocycles. The van der Waals surface area contributed by atoms with Gasteiger partial charge in [0.1, 0.15) is 0 Å². The normalized spacial score (nSPS) is 12.5. The highest BCUT2D eigenvalue weighted by atomic mass is 16.5. The van der Waals surface area contributed by atoms with Crippen molar-refractivity contribution in [1.29, 1.82) is 0 Å². The lowest BCUT2D eigenvalue weighted by Gasteiger charge is -2.26. The van der Waals surface area contributed by atoms with Gasteiger partial charge in [-0.1, -0.05) is 26.7 Å². The molecular formula is C16H35N3O2. The van der Waals surface area contributed by atoms with Crippen LogP contribution in [0, 0.1) is 0 Å². The number of ether oxygens (including phenoxy) is 1. The minimum Gasteiger partial charge on any atom is -0.388 e. The SMILES string of the molecule is CCCC(O)(CCC)CN=C(NCC)NCCCOCC. The third kappa shape index (κ3) is 10.5. The predicted octanol–water partition coefficient (Wildman–Crippen LogP) is 2.30. The number of nitrogens with zero attached hydrogens (tertiary/aromatic N) is 1. The van der Waals surface area contributed by atoms with E-state index in [2.05, 4.69) is 29.5 Å². The van der Waals surface area contributed by atoms with Gasteiger partial charge in [0.05, 0.1) is 12.1 Å². The third-order valence-corrected chi connectivity index (χ3v) is 3.27. The third-order valence-electron chi connectivity index (χ3n) is 3.27. The Labute approximate surface area is 130 Å². The van der Waals surface area contributed by atoms with Crippen molar-refractivity contribution in [3.05, 3.63) is 0 Å². The van der Waals surface area contributed by atoms with Crippen molar-refractivity contribution in [3.63, 3.8) is 0 Å². The van der Waals surface area contributed by atoms with Crippen molar-refractivity contribution < 1.29 is 9.84 Å².